The lowest BCUT2D eigenvalue weighted by molar-refractivity contribution is -0.384. The van der Waals surface area contributed by atoms with Crippen LogP contribution in [0.5, 0.6) is 0 Å². The molecule has 84 valence electrons. The van der Waals surface area contributed by atoms with Gasteiger partial charge in [0.25, 0.3) is 11.6 Å². The zero-order valence-corrected chi connectivity index (χ0v) is 7.95. The molecule has 0 radical (unpaired) electrons. The predicted molar refractivity (Wildman–Crippen MR) is 55.1 cm³/mol. The minimum Gasteiger partial charge on any atom is -0.409 e. The van der Waals surface area contributed by atoms with Crippen LogP contribution >= 0.6 is 0 Å². The predicted octanol–water partition coefficient (Wildman–Crippen LogP) is 0.280. The van der Waals surface area contributed by atoms with Crippen LogP contribution in [-0.2, 0) is 4.79 Å². The van der Waals surface area contributed by atoms with E-state index in [1.165, 1.54) is 24.3 Å². The number of rotatable bonds is 2. The fraction of sp³-hybridized carbons (Fsp3) is 0. The maximum Gasteiger partial charge on any atom is 0.294 e. The highest BCUT2D eigenvalue weighted by molar-refractivity contribution is 6.41. The van der Waals surface area contributed by atoms with Crippen LogP contribution in [0.15, 0.2) is 29.4 Å². The van der Waals surface area contributed by atoms with E-state index in [9.17, 15) is 14.9 Å². The number of nitrogens with one attached hydrogen (secondary N) is 1. The summed E-state index contributed by atoms with van der Waals surface area (Å²) in [5.41, 5.74) is 5.23. The number of anilines is 1. The first-order chi connectivity index (χ1) is 7.54. The van der Waals surface area contributed by atoms with Gasteiger partial charge in [0.15, 0.2) is 0 Å². The zero-order valence-electron chi connectivity index (χ0n) is 7.95. The number of amides is 1. The molecule has 0 fully saturated rings. The normalized spacial score (nSPS) is 10.9. The molecule has 0 spiro atoms. The van der Waals surface area contributed by atoms with Crippen LogP contribution in [0.3, 0.4) is 0 Å². The number of hydrogen-bond acceptors (Lipinski definition) is 5. The lowest BCUT2D eigenvalue weighted by Gasteiger charge is -2.02. The molecule has 16 heavy (non-hydrogen) atoms. The van der Waals surface area contributed by atoms with Crippen molar-refractivity contribution < 1.29 is 14.9 Å². The van der Waals surface area contributed by atoms with Gasteiger partial charge in [0.1, 0.15) is 0 Å². The SMILES string of the molecule is N/C(=N/O)C(=O)Nc1ccc([N+](=O)[O-])cc1. The number of nitrogens with two attached hydrogens (primary N) is 1. The molecular formula is C8H8N4O4. The van der Waals surface area contributed by atoms with Crippen molar-refractivity contribution in [1.29, 1.82) is 0 Å². The van der Waals surface area contributed by atoms with Gasteiger partial charge in [-0.3, -0.25) is 14.9 Å². The smallest absolute Gasteiger partial charge is 0.294 e. The topological polar surface area (TPSA) is 131 Å². The highest BCUT2D eigenvalue weighted by Gasteiger charge is 2.09. The van der Waals surface area contributed by atoms with E-state index in [4.69, 9.17) is 10.9 Å². The molecule has 0 aliphatic carbocycles. The third-order valence-corrected chi connectivity index (χ3v) is 1.68. The van der Waals surface area contributed by atoms with Gasteiger partial charge in [-0.1, -0.05) is 5.16 Å². The average Bonchev–Trinajstić information content (AvgIpc) is 2.28. The first-order valence-corrected chi connectivity index (χ1v) is 4.08. The van der Waals surface area contributed by atoms with Gasteiger partial charge in [-0.2, -0.15) is 0 Å². The molecule has 1 aromatic carbocycles. The number of nitro groups is 1. The average molecular weight is 224 g/mol. The molecule has 0 aliphatic rings. The van der Waals surface area contributed by atoms with E-state index in [1.807, 2.05) is 0 Å². The molecule has 0 heterocycles. The molecule has 8 heteroatoms. The van der Waals surface area contributed by atoms with Gasteiger partial charge in [0.2, 0.25) is 5.84 Å². The monoisotopic (exact) mass is 224 g/mol. The maximum atomic E-state index is 11.1. The third kappa shape index (κ3) is 2.67. The van der Waals surface area contributed by atoms with E-state index in [-0.39, 0.29) is 5.69 Å². The van der Waals surface area contributed by atoms with Gasteiger partial charge < -0.3 is 16.3 Å². The second kappa shape index (κ2) is 4.73. The summed E-state index contributed by atoms with van der Waals surface area (Å²) in [6, 6.07) is 5.12. The Balaban J connectivity index is 2.76. The number of non-ortho nitro benzene ring substituents is 1. The van der Waals surface area contributed by atoms with Crippen molar-refractivity contribution in [2.24, 2.45) is 10.9 Å². The first-order valence-electron chi connectivity index (χ1n) is 4.08. The van der Waals surface area contributed by atoms with Gasteiger partial charge in [0.05, 0.1) is 4.92 Å². The zero-order chi connectivity index (χ0) is 12.1. The fourth-order valence-corrected chi connectivity index (χ4v) is 0.907. The fourth-order valence-electron chi connectivity index (χ4n) is 0.907. The summed E-state index contributed by atoms with van der Waals surface area (Å²) < 4.78 is 0. The molecule has 1 rings (SSSR count). The van der Waals surface area contributed by atoms with E-state index >= 15 is 0 Å². The van der Waals surface area contributed by atoms with Crippen LogP contribution < -0.4 is 11.1 Å². The lowest BCUT2D eigenvalue weighted by atomic mass is 10.3. The molecule has 0 atom stereocenters. The van der Waals surface area contributed by atoms with Crippen LogP contribution in [0, 0.1) is 10.1 Å². The van der Waals surface area contributed by atoms with Gasteiger partial charge in [-0.25, -0.2) is 0 Å². The van der Waals surface area contributed by atoms with Crippen molar-refractivity contribution in [3.05, 3.63) is 34.4 Å². The number of benzene rings is 1. The number of oxime groups is 1. The summed E-state index contributed by atoms with van der Waals surface area (Å²) in [7, 11) is 0. The van der Waals surface area contributed by atoms with Crippen molar-refractivity contribution in [2.75, 3.05) is 5.32 Å². The minimum absolute atomic E-state index is 0.0956. The number of amidine groups is 1. The van der Waals surface area contributed by atoms with Crippen molar-refractivity contribution in [2.45, 2.75) is 0 Å². The summed E-state index contributed by atoms with van der Waals surface area (Å²) in [4.78, 5) is 20.9. The maximum absolute atomic E-state index is 11.1. The van der Waals surface area contributed by atoms with Crippen LogP contribution in [0.1, 0.15) is 0 Å². The van der Waals surface area contributed by atoms with Crippen molar-refractivity contribution in [1.82, 2.24) is 0 Å². The summed E-state index contributed by atoms with van der Waals surface area (Å²) >= 11 is 0. The Kier molecular flexibility index (Phi) is 3.38. The van der Waals surface area contributed by atoms with Gasteiger partial charge in [-0.05, 0) is 12.1 Å². The van der Waals surface area contributed by atoms with E-state index in [0.717, 1.165) is 0 Å². The molecule has 1 aromatic rings. The molecule has 1 amide bonds. The highest BCUT2D eigenvalue weighted by Crippen LogP contribution is 2.15. The summed E-state index contributed by atoms with van der Waals surface area (Å²) in [5.74, 6) is -1.39. The third-order valence-electron chi connectivity index (χ3n) is 1.68. The van der Waals surface area contributed by atoms with Crippen LogP contribution in [0.25, 0.3) is 0 Å². The molecule has 0 aromatic heterocycles. The Morgan fingerprint density at radius 2 is 2.00 bits per heavy atom. The highest BCUT2D eigenvalue weighted by atomic mass is 16.6. The van der Waals surface area contributed by atoms with Crippen LogP contribution in [-0.4, -0.2) is 21.9 Å². The Hall–Kier alpha value is -2.64. The molecule has 0 unspecified atom stereocenters. The second-order valence-electron chi connectivity index (χ2n) is 2.74. The van der Waals surface area contributed by atoms with Crippen LogP contribution in [0.2, 0.25) is 0 Å². The summed E-state index contributed by atoms with van der Waals surface area (Å²) in [6.07, 6.45) is 0. The van der Waals surface area contributed by atoms with E-state index in [2.05, 4.69) is 10.5 Å². The molecule has 8 nitrogen and oxygen atoms in total. The number of nitrogens with zero attached hydrogens (tertiary/aromatic N) is 2. The lowest BCUT2D eigenvalue weighted by Crippen LogP contribution is -2.29. The van der Waals surface area contributed by atoms with Crippen molar-refractivity contribution in [3.63, 3.8) is 0 Å². The number of carbonyl (C=O) groups excluding carboxylic acids is 1. The summed E-state index contributed by atoms with van der Waals surface area (Å²) in [5, 5.41) is 23.3. The van der Waals surface area contributed by atoms with Gasteiger partial charge in [0, 0.05) is 17.8 Å². The van der Waals surface area contributed by atoms with Crippen molar-refractivity contribution >= 4 is 23.1 Å². The molecule has 0 saturated carbocycles. The Morgan fingerprint density at radius 3 is 2.44 bits per heavy atom. The molecular weight excluding hydrogens is 216 g/mol. The van der Waals surface area contributed by atoms with Crippen molar-refractivity contribution in [3.8, 4) is 0 Å². The molecule has 0 bridgehead atoms. The Bertz CT molecular complexity index is 440. The van der Waals surface area contributed by atoms with Crippen LogP contribution in [0.4, 0.5) is 11.4 Å². The Labute approximate surface area is 89.5 Å². The van der Waals surface area contributed by atoms with E-state index < -0.39 is 16.7 Å². The quantitative estimate of drug-likeness (QED) is 0.218. The number of carbonyl (C=O) groups is 1. The van der Waals surface area contributed by atoms with Gasteiger partial charge in [-0.15, -0.1) is 0 Å². The number of hydrogen-bond donors (Lipinski definition) is 3. The minimum atomic E-state index is -0.795. The van der Waals surface area contributed by atoms with E-state index in [1.54, 1.807) is 0 Å². The Morgan fingerprint density at radius 1 is 1.44 bits per heavy atom. The summed E-state index contributed by atoms with van der Waals surface area (Å²) in [6.45, 7) is 0. The van der Waals surface area contributed by atoms with Gasteiger partial charge >= 0.3 is 0 Å². The standard InChI is InChI=1S/C8H8N4O4/c9-7(11-14)8(13)10-5-1-3-6(4-2-5)12(15)16/h1-4,14H,(H2,9,11)(H,10,13). The molecule has 0 saturated heterocycles. The molecule has 4 N–H and O–H groups in total. The first kappa shape index (κ1) is 11.4. The second-order valence-corrected chi connectivity index (χ2v) is 2.74. The number of nitro benzene ring substituents is 1. The largest absolute Gasteiger partial charge is 0.409 e. The molecule has 0 aliphatic heterocycles. The van der Waals surface area contributed by atoms with E-state index in [0.29, 0.717) is 5.69 Å².